The first-order valence-electron chi connectivity index (χ1n) is 5.97. The summed E-state index contributed by atoms with van der Waals surface area (Å²) in [6.07, 6.45) is 2.15. The van der Waals surface area contributed by atoms with Crippen LogP contribution in [-0.4, -0.2) is 14.3 Å². The molecule has 1 amide bonds. The number of sulfonamides is 1. The minimum absolute atomic E-state index is 0.0223. The summed E-state index contributed by atoms with van der Waals surface area (Å²) in [7, 11) is -3.80. The first kappa shape index (κ1) is 14.3. The van der Waals surface area contributed by atoms with E-state index in [-0.39, 0.29) is 10.7 Å². The van der Waals surface area contributed by atoms with Gasteiger partial charge in [0, 0.05) is 0 Å². The summed E-state index contributed by atoms with van der Waals surface area (Å²) in [5.41, 5.74) is 3.11. The number of carbonyl (C=O) groups is 1. The van der Waals surface area contributed by atoms with Gasteiger partial charge in [-0.25, -0.2) is 8.42 Å². The Balaban J connectivity index is 2.05. The molecule has 0 unspecified atom stereocenters. The highest BCUT2D eigenvalue weighted by Crippen LogP contribution is 2.10. The largest absolute Gasteiger partial charge is 0.459 e. The Hall–Kier alpha value is -2.12. The molecule has 6 nitrogen and oxygen atoms in total. The van der Waals surface area contributed by atoms with Gasteiger partial charge in [0.05, 0.1) is 11.2 Å². The van der Waals surface area contributed by atoms with Gasteiger partial charge in [-0.15, -0.1) is 4.83 Å². The summed E-state index contributed by atoms with van der Waals surface area (Å²) in [5.74, 6) is -0.641. The Morgan fingerprint density at radius 3 is 2.45 bits per heavy atom. The third-order valence-electron chi connectivity index (χ3n) is 2.69. The van der Waals surface area contributed by atoms with Crippen LogP contribution in [0.3, 0.4) is 0 Å². The van der Waals surface area contributed by atoms with Crippen molar-refractivity contribution in [2.45, 2.75) is 18.2 Å². The van der Waals surface area contributed by atoms with Gasteiger partial charge < -0.3 is 4.42 Å². The van der Waals surface area contributed by atoms with Crippen LogP contribution >= 0.6 is 0 Å². The van der Waals surface area contributed by atoms with E-state index >= 15 is 0 Å². The number of amides is 1. The molecule has 0 aliphatic carbocycles. The number of rotatable bonds is 5. The molecule has 1 aromatic carbocycles. The summed E-state index contributed by atoms with van der Waals surface area (Å²) >= 11 is 0. The zero-order valence-electron chi connectivity index (χ0n) is 10.8. The van der Waals surface area contributed by atoms with Gasteiger partial charge in [0.15, 0.2) is 5.76 Å². The van der Waals surface area contributed by atoms with E-state index in [0.29, 0.717) is 0 Å². The van der Waals surface area contributed by atoms with Crippen molar-refractivity contribution in [2.24, 2.45) is 0 Å². The van der Waals surface area contributed by atoms with E-state index in [0.717, 1.165) is 12.0 Å². The van der Waals surface area contributed by atoms with Gasteiger partial charge in [0.25, 0.3) is 10.0 Å². The number of benzene rings is 1. The molecule has 7 heteroatoms. The third-order valence-corrected chi connectivity index (χ3v) is 3.95. The third kappa shape index (κ3) is 3.25. The number of carbonyl (C=O) groups excluding carboxylic acids is 1. The van der Waals surface area contributed by atoms with Crippen molar-refractivity contribution in [1.29, 1.82) is 0 Å². The highest BCUT2D eigenvalue weighted by atomic mass is 32.2. The average Bonchev–Trinajstić information content (AvgIpc) is 2.99. The Kier molecular flexibility index (Phi) is 4.21. The molecular weight excluding hydrogens is 280 g/mol. The van der Waals surface area contributed by atoms with E-state index in [1.165, 1.54) is 30.5 Å². The molecule has 0 fully saturated rings. The minimum Gasteiger partial charge on any atom is -0.459 e. The number of hydrogen-bond acceptors (Lipinski definition) is 4. The maximum Gasteiger partial charge on any atom is 0.301 e. The quantitative estimate of drug-likeness (QED) is 0.817. The predicted molar refractivity (Wildman–Crippen MR) is 72.3 cm³/mol. The van der Waals surface area contributed by atoms with Crippen LogP contribution in [0.25, 0.3) is 0 Å². The summed E-state index contributed by atoms with van der Waals surface area (Å²) in [5, 5.41) is 0. The standard InChI is InChI=1S/C13H14N2O4S/c1-2-10-5-7-11(8-6-10)20(17,18)15-14-13(16)12-4-3-9-19-12/h3-9,15H,2H2,1H3,(H,14,16). The van der Waals surface area contributed by atoms with Crippen LogP contribution in [0.5, 0.6) is 0 Å². The van der Waals surface area contributed by atoms with Crippen LogP contribution in [0.2, 0.25) is 0 Å². The fourth-order valence-corrected chi connectivity index (χ4v) is 2.39. The van der Waals surface area contributed by atoms with Gasteiger partial charge in [-0.05, 0) is 36.2 Å². The Morgan fingerprint density at radius 1 is 1.20 bits per heavy atom. The Morgan fingerprint density at radius 2 is 1.90 bits per heavy atom. The summed E-state index contributed by atoms with van der Waals surface area (Å²) < 4.78 is 28.7. The van der Waals surface area contributed by atoms with Gasteiger partial charge >= 0.3 is 5.91 Å². The molecule has 0 saturated carbocycles. The first-order valence-corrected chi connectivity index (χ1v) is 7.46. The molecule has 1 heterocycles. The van der Waals surface area contributed by atoms with Gasteiger partial charge in [-0.1, -0.05) is 19.1 Å². The lowest BCUT2D eigenvalue weighted by Crippen LogP contribution is -2.41. The molecular formula is C13H14N2O4S. The molecule has 106 valence electrons. The second-order valence-corrected chi connectivity index (χ2v) is 5.72. The maximum atomic E-state index is 11.9. The normalized spacial score (nSPS) is 11.2. The van der Waals surface area contributed by atoms with E-state index in [1.807, 2.05) is 11.8 Å². The number of hydrazine groups is 1. The fourth-order valence-electron chi connectivity index (χ4n) is 1.55. The van der Waals surface area contributed by atoms with Crippen LogP contribution in [0.15, 0.2) is 52.0 Å². The number of hydrogen-bond donors (Lipinski definition) is 2. The Labute approximate surface area is 116 Å². The SMILES string of the molecule is CCc1ccc(S(=O)(=O)NNC(=O)c2ccco2)cc1. The van der Waals surface area contributed by atoms with Crippen molar-refractivity contribution in [3.05, 3.63) is 54.0 Å². The van der Waals surface area contributed by atoms with Crippen molar-refractivity contribution < 1.29 is 17.6 Å². The topological polar surface area (TPSA) is 88.4 Å². The Bertz CT molecular complexity index is 676. The molecule has 0 spiro atoms. The molecule has 2 aromatic rings. The van der Waals surface area contributed by atoms with Crippen LogP contribution in [0.1, 0.15) is 23.0 Å². The van der Waals surface area contributed by atoms with Crippen molar-refractivity contribution in [3.63, 3.8) is 0 Å². The molecule has 2 N–H and O–H groups in total. The van der Waals surface area contributed by atoms with E-state index in [9.17, 15) is 13.2 Å². The highest BCUT2D eigenvalue weighted by Gasteiger charge is 2.16. The average molecular weight is 294 g/mol. The fraction of sp³-hybridized carbons (Fsp3) is 0.154. The van der Waals surface area contributed by atoms with Crippen LogP contribution in [0, 0.1) is 0 Å². The highest BCUT2D eigenvalue weighted by molar-refractivity contribution is 7.89. The smallest absolute Gasteiger partial charge is 0.301 e. The maximum absolute atomic E-state index is 11.9. The zero-order valence-corrected chi connectivity index (χ0v) is 11.6. The second kappa shape index (κ2) is 5.89. The number of aryl methyl sites for hydroxylation is 1. The van der Waals surface area contributed by atoms with E-state index in [2.05, 4.69) is 5.43 Å². The van der Waals surface area contributed by atoms with Gasteiger partial charge in [0.1, 0.15) is 0 Å². The lowest BCUT2D eigenvalue weighted by atomic mass is 10.2. The molecule has 0 saturated heterocycles. The molecule has 2 rings (SSSR count). The summed E-state index contributed by atoms with van der Waals surface area (Å²) in [6, 6.07) is 9.39. The molecule has 0 aliphatic heterocycles. The van der Waals surface area contributed by atoms with Gasteiger partial charge in [-0.3, -0.25) is 10.2 Å². The van der Waals surface area contributed by atoms with Crippen LogP contribution < -0.4 is 10.3 Å². The van der Waals surface area contributed by atoms with E-state index in [1.54, 1.807) is 12.1 Å². The second-order valence-electron chi connectivity index (χ2n) is 4.03. The minimum atomic E-state index is -3.80. The molecule has 0 radical (unpaired) electrons. The lowest BCUT2D eigenvalue weighted by molar-refractivity contribution is 0.0917. The van der Waals surface area contributed by atoms with Crippen molar-refractivity contribution in [1.82, 2.24) is 10.3 Å². The van der Waals surface area contributed by atoms with Crippen molar-refractivity contribution >= 4 is 15.9 Å². The van der Waals surface area contributed by atoms with E-state index in [4.69, 9.17) is 4.42 Å². The predicted octanol–water partition coefficient (Wildman–Crippen LogP) is 1.47. The lowest BCUT2D eigenvalue weighted by Gasteiger charge is -2.07. The van der Waals surface area contributed by atoms with Gasteiger partial charge in [0.2, 0.25) is 0 Å². The molecule has 0 bridgehead atoms. The number of furan rings is 1. The molecule has 20 heavy (non-hydrogen) atoms. The van der Waals surface area contributed by atoms with Crippen molar-refractivity contribution in [3.8, 4) is 0 Å². The van der Waals surface area contributed by atoms with Gasteiger partial charge in [-0.2, -0.15) is 0 Å². The number of nitrogens with one attached hydrogen (secondary N) is 2. The van der Waals surface area contributed by atoms with Crippen LogP contribution in [-0.2, 0) is 16.4 Å². The van der Waals surface area contributed by atoms with Crippen LogP contribution in [0.4, 0.5) is 0 Å². The summed E-state index contributed by atoms with van der Waals surface area (Å²) in [6.45, 7) is 1.98. The molecule has 1 aromatic heterocycles. The monoisotopic (exact) mass is 294 g/mol. The molecule has 0 aliphatic rings. The summed E-state index contributed by atoms with van der Waals surface area (Å²) in [4.78, 5) is 13.6. The molecule has 0 atom stereocenters. The van der Waals surface area contributed by atoms with E-state index < -0.39 is 15.9 Å². The zero-order chi connectivity index (χ0) is 14.6. The van der Waals surface area contributed by atoms with Crippen molar-refractivity contribution in [2.75, 3.05) is 0 Å². The first-order chi connectivity index (χ1) is 9.53.